The van der Waals surface area contributed by atoms with Crippen molar-refractivity contribution in [1.29, 1.82) is 0 Å². The number of hydrogen-bond acceptors (Lipinski definition) is 4. The van der Waals surface area contributed by atoms with Gasteiger partial charge in [-0.1, -0.05) is 11.6 Å². The third kappa shape index (κ3) is 3.13. The van der Waals surface area contributed by atoms with E-state index in [4.69, 9.17) is 11.6 Å². The molecule has 1 unspecified atom stereocenters. The molecule has 2 rings (SSSR count). The van der Waals surface area contributed by atoms with Crippen LogP contribution in [0.15, 0.2) is 23.4 Å². The molecule has 0 bridgehead atoms. The van der Waals surface area contributed by atoms with Gasteiger partial charge < -0.3 is 5.32 Å². The van der Waals surface area contributed by atoms with Gasteiger partial charge in [-0.05, 0) is 13.0 Å². The van der Waals surface area contributed by atoms with Crippen LogP contribution in [0.25, 0.3) is 0 Å². The fourth-order valence-electron chi connectivity index (χ4n) is 1.85. The molecule has 0 spiro atoms. The zero-order valence-electron chi connectivity index (χ0n) is 9.84. The maximum Gasteiger partial charge on any atom is 0.244 e. The molecule has 1 aliphatic rings. The van der Waals surface area contributed by atoms with Crippen LogP contribution in [0.4, 0.5) is 0 Å². The highest BCUT2D eigenvalue weighted by Crippen LogP contribution is 2.20. The van der Waals surface area contributed by atoms with Crippen molar-refractivity contribution < 1.29 is 8.42 Å². The molecule has 0 radical (unpaired) electrons. The lowest BCUT2D eigenvalue weighted by Crippen LogP contribution is -2.52. The van der Waals surface area contributed by atoms with Gasteiger partial charge in [-0.15, -0.1) is 12.4 Å². The van der Waals surface area contributed by atoms with E-state index in [2.05, 4.69) is 10.3 Å². The number of hydrogen-bond donors (Lipinski definition) is 1. The normalized spacial score (nSPS) is 21.3. The van der Waals surface area contributed by atoms with Crippen LogP contribution in [-0.2, 0) is 10.0 Å². The van der Waals surface area contributed by atoms with E-state index in [1.54, 1.807) is 0 Å². The van der Waals surface area contributed by atoms with Crippen LogP contribution in [0.1, 0.15) is 6.92 Å². The SMILES string of the molecule is CC1CNCCN1S(=O)(=O)c1cncc(Cl)c1.Cl. The summed E-state index contributed by atoms with van der Waals surface area (Å²) < 4.78 is 26.2. The van der Waals surface area contributed by atoms with Gasteiger partial charge >= 0.3 is 0 Å². The smallest absolute Gasteiger partial charge is 0.244 e. The Labute approximate surface area is 118 Å². The topological polar surface area (TPSA) is 62.3 Å². The minimum atomic E-state index is -3.49. The second kappa shape index (κ2) is 6.16. The Morgan fingerprint density at radius 2 is 2.22 bits per heavy atom. The monoisotopic (exact) mass is 311 g/mol. The summed E-state index contributed by atoms with van der Waals surface area (Å²) in [5.74, 6) is 0. The molecule has 0 saturated carbocycles. The molecule has 2 heterocycles. The first-order valence-corrected chi connectivity index (χ1v) is 7.17. The third-order valence-electron chi connectivity index (χ3n) is 2.73. The molecular weight excluding hydrogens is 297 g/mol. The standard InChI is InChI=1S/C10H14ClN3O2S.ClH/c1-8-5-12-2-3-14(8)17(15,16)10-4-9(11)6-13-7-10;/h4,6-8,12H,2-3,5H2,1H3;1H. The molecule has 1 atom stereocenters. The fourth-order valence-corrected chi connectivity index (χ4v) is 3.71. The zero-order chi connectivity index (χ0) is 12.5. The van der Waals surface area contributed by atoms with Crippen molar-refractivity contribution in [2.45, 2.75) is 17.9 Å². The first-order valence-electron chi connectivity index (χ1n) is 5.35. The zero-order valence-corrected chi connectivity index (χ0v) is 12.2. The van der Waals surface area contributed by atoms with Crippen LogP contribution in [0.5, 0.6) is 0 Å². The first-order chi connectivity index (χ1) is 8.01. The Kier molecular flexibility index (Phi) is 5.36. The lowest BCUT2D eigenvalue weighted by atomic mass is 10.3. The van der Waals surface area contributed by atoms with Crippen LogP contribution >= 0.6 is 24.0 Å². The number of sulfonamides is 1. The highest BCUT2D eigenvalue weighted by atomic mass is 35.5. The number of aromatic nitrogens is 1. The predicted octanol–water partition coefficient (Wildman–Crippen LogP) is 1.14. The summed E-state index contributed by atoms with van der Waals surface area (Å²) in [6, 6.07) is 1.37. The lowest BCUT2D eigenvalue weighted by Gasteiger charge is -2.32. The van der Waals surface area contributed by atoms with Crippen molar-refractivity contribution in [2.24, 2.45) is 0 Å². The molecule has 0 aromatic carbocycles. The highest BCUT2D eigenvalue weighted by Gasteiger charge is 2.31. The predicted molar refractivity (Wildman–Crippen MR) is 72.7 cm³/mol. The van der Waals surface area contributed by atoms with Gasteiger partial charge in [0.1, 0.15) is 4.90 Å². The summed E-state index contributed by atoms with van der Waals surface area (Å²) >= 11 is 5.77. The molecule has 1 saturated heterocycles. The Morgan fingerprint density at radius 1 is 1.50 bits per heavy atom. The molecule has 0 amide bonds. The summed E-state index contributed by atoms with van der Waals surface area (Å²) in [5, 5.41) is 3.48. The van der Waals surface area contributed by atoms with E-state index < -0.39 is 10.0 Å². The largest absolute Gasteiger partial charge is 0.314 e. The van der Waals surface area contributed by atoms with E-state index >= 15 is 0 Å². The van der Waals surface area contributed by atoms with Crippen LogP contribution in [0, 0.1) is 0 Å². The van der Waals surface area contributed by atoms with E-state index in [0.717, 1.165) is 0 Å². The van der Waals surface area contributed by atoms with E-state index in [-0.39, 0.29) is 23.3 Å². The number of pyridine rings is 1. The summed E-state index contributed by atoms with van der Waals surface area (Å²) in [6.45, 7) is 3.67. The number of rotatable bonds is 2. The molecule has 1 aromatic rings. The minimum Gasteiger partial charge on any atom is -0.314 e. The fraction of sp³-hybridized carbons (Fsp3) is 0.500. The Hall–Kier alpha value is -0.400. The minimum absolute atomic E-state index is 0. The molecule has 1 aromatic heterocycles. The summed E-state index contributed by atoms with van der Waals surface area (Å²) in [7, 11) is -3.49. The maximum absolute atomic E-state index is 12.3. The van der Waals surface area contributed by atoms with Crippen molar-refractivity contribution in [1.82, 2.24) is 14.6 Å². The third-order valence-corrected chi connectivity index (χ3v) is 4.91. The van der Waals surface area contributed by atoms with Gasteiger partial charge in [0.05, 0.1) is 5.02 Å². The van der Waals surface area contributed by atoms with Crippen LogP contribution in [0.2, 0.25) is 5.02 Å². The Morgan fingerprint density at radius 3 is 2.83 bits per heavy atom. The van der Waals surface area contributed by atoms with Gasteiger partial charge in [-0.25, -0.2) is 8.42 Å². The van der Waals surface area contributed by atoms with E-state index in [1.165, 1.54) is 22.8 Å². The molecular formula is C10H15Cl2N3O2S. The molecule has 18 heavy (non-hydrogen) atoms. The first kappa shape index (κ1) is 15.7. The number of halogens is 2. The van der Waals surface area contributed by atoms with Crippen LogP contribution in [0.3, 0.4) is 0 Å². The molecule has 102 valence electrons. The van der Waals surface area contributed by atoms with Gasteiger partial charge in [0, 0.05) is 38.1 Å². The van der Waals surface area contributed by atoms with Crippen LogP contribution in [-0.4, -0.2) is 43.4 Å². The molecule has 5 nitrogen and oxygen atoms in total. The average Bonchev–Trinajstić information content (AvgIpc) is 2.29. The summed E-state index contributed by atoms with van der Waals surface area (Å²) in [4.78, 5) is 3.97. The Bertz CT molecular complexity index is 510. The van der Waals surface area contributed by atoms with Crippen molar-refractivity contribution >= 4 is 34.0 Å². The number of nitrogens with zero attached hydrogens (tertiary/aromatic N) is 2. The maximum atomic E-state index is 12.3. The van der Waals surface area contributed by atoms with Gasteiger partial charge in [0.25, 0.3) is 0 Å². The summed E-state index contributed by atoms with van der Waals surface area (Å²) in [6.07, 6.45) is 2.75. The van der Waals surface area contributed by atoms with E-state index in [0.29, 0.717) is 24.7 Å². The highest BCUT2D eigenvalue weighted by molar-refractivity contribution is 7.89. The molecule has 1 fully saturated rings. The molecule has 1 N–H and O–H groups in total. The van der Waals surface area contributed by atoms with Crippen LogP contribution < -0.4 is 5.32 Å². The molecule has 1 aliphatic heterocycles. The quantitative estimate of drug-likeness (QED) is 0.889. The molecule has 0 aliphatic carbocycles. The Balaban J connectivity index is 0.00000162. The van der Waals surface area contributed by atoms with Gasteiger partial charge in [0.2, 0.25) is 10.0 Å². The average molecular weight is 312 g/mol. The second-order valence-electron chi connectivity index (χ2n) is 4.01. The van der Waals surface area contributed by atoms with Gasteiger partial charge in [-0.2, -0.15) is 4.31 Å². The van der Waals surface area contributed by atoms with E-state index in [9.17, 15) is 8.42 Å². The summed E-state index contributed by atoms with van der Waals surface area (Å²) in [5.41, 5.74) is 0. The second-order valence-corrected chi connectivity index (χ2v) is 6.33. The van der Waals surface area contributed by atoms with Gasteiger partial charge in [0.15, 0.2) is 0 Å². The van der Waals surface area contributed by atoms with Crippen molar-refractivity contribution in [3.05, 3.63) is 23.5 Å². The lowest BCUT2D eigenvalue weighted by molar-refractivity contribution is 0.284. The van der Waals surface area contributed by atoms with Crippen molar-refractivity contribution in [3.63, 3.8) is 0 Å². The van der Waals surface area contributed by atoms with Crippen molar-refractivity contribution in [3.8, 4) is 0 Å². The van der Waals surface area contributed by atoms with E-state index in [1.807, 2.05) is 6.92 Å². The van der Waals surface area contributed by atoms with Crippen molar-refractivity contribution in [2.75, 3.05) is 19.6 Å². The number of piperazine rings is 1. The number of nitrogens with one attached hydrogen (secondary N) is 1. The van der Waals surface area contributed by atoms with Gasteiger partial charge in [-0.3, -0.25) is 4.98 Å². The molecule has 8 heteroatoms.